The maximum Gasteiger partial charge on any atom is 0.220 e. The van der Waals surface area contributed by atoms with Crippen LogP contribution < -0.4 is 5.32 Å². The number of aliphatic hydroxyl groups excluding tert-OH is 11. The fourth-order valence-corrected chi connectivity index (χ4v) is 11.7. The highest BCUT2D eigenvalue weighted by Gasteiger charge is 2.53. The van der Waals surface area contributed by atoms with E-state index in [0.717, 1.165) is 44.9 Å². The molecule has 1 amide bonds. The van der Waals surface area contributed by atoms with Crippen LogP contribution in [-0.4, -0.2) is 193 Å². The number of carbonyl (C=O) groups is 1. The number of ether oxygens (including phenoxy) is 6. The highest BCUT2D eigenvalue weighted by molar-refractivity contribution is 5.76. The molecule has 0 saturated carbocycles. The summed E-state index contributed by atoms with van der Waals surface area (Å²) < 4.78 is 34.2. The second-order valence-electron chi connectivity index (χ2n) is 24.6. The van der Waals surface area contributed by atoms with E-state index in [1.165, 1.54) is 186 Å². The van der Waals surface area contributed by atoms with Gasteiger partial charge in [-0.2, -0.15) is 0 Å². The van der Waals surface area contributed by atoms with Crippen LogP contribution in [0.2, 0.25) is 0 Å². The smallest absolute Gasteiger partial charge is 0.220 e. The van der Waals surface area contributed by atoms with Crippen molar-refractivity contribution in [3.63, 3.8) is 0 Å². The Hall–Kier alpha value is -1.73. The van der Waals surface area contributed by atoms with Crippen molar-refractivity contribution in [3.8, 4) is 0 Å². The number of carbonyl (C=O) groups excluding carboxylic acids is 1. The summed E-state index contributed by atoms with van der Waals surface area (Å²) in [5.74, 6) is -0.274. The van der Waals surface area contributed by atoms with Gasteiger partial charge in [0.15, 0.2) is 18.9 Å². The summed E-state index contributed by atoms with van der Waals surface area (Å²) in [5.41, 5.74) is 0. The summed E-state index contributed by atoms with van der Waals surface area (Å²) in [6, 6.07) is -0.968. The Balaban J connectivity index is 1.33. The first-order valence-electron chi connectivity index (χ1n) is 34.1. The summed E-state index contributed by atoms with van der Waals surface area (Å²) in [7, 11) is 0. The lowest BCUT2D eigenvalue weighted by Gasteiger charge is -2.48. The maximum absolute atomic E-state index is 13.3. The first-order valence-corrected chi connectivity index (χ1v) is 34.1. The number of amides is 1. The monoisotopic (exact) mass is 1220 g/mol. The van der Waals surface area contributed by atoms with Crippen LogP contribution >= 0.6 is 0 Å². The standard InChI is InChI=1S/C66H123NO18/c1-3-5-7-9-11-13-14-15-16-17-18-19-20-21-22-23-24-25-26-27-28-29-30-31-32-33-34-36-38-40-42-44-54(72)67-49(50(71)43-41-39-37-35-12-10-8-6-4-2)48-80-64-60(78)57(75)62(52(46-69)82-64)85-66-61(79)58(76)63(53(47-70)83-66)84-65-59(77)56(74)55(73)51(45-68)81-65/h17-18,41,43,49-53,55-66,68-71,73-79H,3-16,19-40,42,44-48H2,1-2H3,(H,67,72)/b18-17-,43-41+. The van der Waals surface area contributed by atoms with Gasteiger partial charge in [0.2, 0.25) is 5.91 Å². The molecule has 3 aliphatic heterocycles. The molecule has 0 aliphatic carbocycles. The average Bonchev–Trinajstić information content (AvgIpc) is 3.55. The molecular formula is C66H123NO18. The predicted octanol–water partition coefficient (Wildman–Crippen LogP) is 8.27. The van der Waals surface area contributed by atoms with Gasteiger partial charge < -0.3 is 89.9 Å². The Morgan fingerprint density at radius 2 is 0.741 bits per heavy atom. The minimum Gasteiger partial charge on any atom is -0.394 e. The quantitative estimate of drug-likeness (QED) is 0.0201. The van der Waals surface area contributed by atoms with Crippen LogP contribution in [0.3, 0.4) is 0 Å². The van der Waals surface area contributed by atoms with Crippen LogP contribution in [0.1, 0.15) is 258 Å². The Morgan fingerprint density at radius 3 is 1.14 bits per heavy atom. The number of nitrogens with one attached hydrogen (secondary N) is 1. The first kappa shape index (κ1) is 77.5. The Morgan fingerprint density at radius 1 is 0.412 bits per heavy atom. The fraction of sp³-hybridized carbons (Fsp3) is 0.924. The molecule has 17 unspecified atom stereocenters. The Labute approximate surface area is 511 Å². The molecule has 500 valence electrons. The van der Waals surface area contributed by atoms with Gasteiger partial charge in [-0.25, -0.2) is 0 Å². The maximum atomic E-state index is 13.3. The molecule has 3 fully saturated rings. The molecule has 3 saturated heterocycles. The van der Waals surface area contributed by atoms with Gasteiger partial charge >= 0.3 is 0 Å². The normalized spacial score (nSPS) is 29.1. The van der Waals surface area contributed by atoms with Gasteiger partial charge in [-0.1, -0.05) is 231 Å². The summed E-state index contributed by atoms with van der Waals surface area (Å²) in [6.45, 7) is 1.70. The van der Waals surface area contributed by atoms with Crippen LogP contribution in [0, 0.1) is 0 Å². The SMILES string of the molecule is CCCCCCCCC/C=C/C(O)C(COC1OC(CO)C(OC2OC(CO)C(OC3OC(CO)C(O)C(O)C3O)C(O)C2O)C(O)C1O)NC(=O)CCCCCCCCCCCCCCCCCCCCC/C=C\CCCCCCCCCC. The minimum absolute atomic E-state index is 0.247. The molecule has 3 heterocycles. The molecule has 0 spiro atoms. The molecule has 19 nitrogen and oxygen atoms in total. The van der Waals surface area contributed by atoms with Crippen LogP contribution in [0.15, 0.2) is 24.3 Å². The van der Waals surface area contributed by atoms with E-state index in [1.807, 2.05) is 6.08 Å². The third-order valence-electron chi connectivity index (χ3n) is 17.2. The Bertz CT molecular complexity index is 1640. The molecule has 85 heavy (non-hydrogen) atoms. The summed E-state index contributed by atoms with van der Waals surface area (Å²) in [4.78, 5) is 13.3. The van der Waals surface area contributed by atoms with Gasteiger partial charge in [0.1, 0.15) is 73.2 Å². The molecule has 0 radical (unpaired) electrons. The Kier molecular flexibility index (Phi) is 44.7. The van der Waals surface area contributed by atoms with E-state index in [1.54, 1.807) is 6.08 Å². The molecule has 12 N–H and O–H groups in total. The van der Waals surface area contributed by atoms with Gasteiger partial charge in [-0.05, 0) is 44.9 Å². The zero-order valence-electron chi connectivity index (χ0n) is 52.6. The lowest BCUT2D eigenvalue weighted by Crippen LogP contribution is -2.66. The van der Waals surface area contributed by atoms with E-state index in [2.05, 4.69) is 31.3 Å². The minimum atomic E-state index is -1.98. The van der Waals surface area contributed by atoms with E-state index in [-0.39, 0.29) is 18.9 Å². The molecule has 3 aliphatic rings. The highest BCUT2D eigenvalue weighted by atomic mass is 16.8. The molecule has 3 rings (SSSR count). The predicted molar refractivity (Wildman–Crippen MR) is 328 cm³/mol. The van der Waals surface area contributed by atoms with Crippen molar-refractivity contribution in [2.75, 3.05) is 26.4 Å². The number of hydrogen-bond acceptors (Lipinski definition) is 18. The topological polar surface area (TPSA) is 307 Å². The van der Waals surface area contributed by atoms with Crippen LogP contribution in [0.5, 0.6) is 0 Å². The zero-order valence-corrected chi connectivity index (χ0v) is 52.6. The molecule has 0 aromatic rings. The molecule has 19 heteroatoms. The third-order valence-corrected chi connectivity index (χ3v) is 17.2. The van der Waals surface area contributed by atoms with Crippen LogP contribution in [0.4, 0.5) is 0 Å². The van der Waals surface area contributed by atoms with E-state index in [0.29, 0.717) is 6.42 Å². The fourth-order valence-electron chi connectivity index (χ4n) is 11.7. The lowest BCUT2D eigenvalue weighted by molar-refractivity contribution is -0.379. The van der Waals surface area contributed by atoms with Crippen molar-refractivity contribution in [3.05, 3.63) is 24.3 Å². The molecule has 0 aromatic heterocycles. The number of hydrogen-bond donors (Lipinski definition) is 12. The summed E-state index contributed by atoms with van der Waals surface area (Å²) >= 11 is 0. The largest absolute Gasteiger partial charge is 0.394 e. The van der Waals surface area contributed by atoms with Gasteiger partial charge in [0.05, 0.1) is 38.6 Å². The second kappa shape index (κ2) is 49.0. The van der Waals surface area contributed by atoms with E-state index in [9.17, 15) is 61.0 Å². The van der Waals surface area contributed by atoms with Crippen molar-refractivity contribution in [1.82, 2.24) is 5.32 Å². The van der Waals surface area contributed by atoms with Gasteiger partial charge in [0.25, 0.3) is 0 Å². The first-order chi connectivity index (χ1) is 41.3. The van der Waals surface area contributed by atoms with Gasteiger partial charge in [-0.15, -0.1) is 0 Å². The number of unbranched alkanes of at least 4 members (excludes halogenated alkanes) is 34. The second-order valence-corrected chi connectivity index (χ2v) is 24.6. The molecule has 17 atom stereocenters. The van der Waals surface area contributed by atoms with Crippen molar-refractivity contribution >= 4 is 5.91 Å². The van der Waals surface area contributed by atoms with E-state index in [4.69, 9.17) is 28.4 Å². The van der Waals surface area contributed by atoms with Crippen LogP contribution in [-0.2, 0) is 33.2 Å². The highest BCUT2D eigenvalue weighted by Crippen LogP contribution is 2.33. The zero-order chi connectivity index (χ0) is 61.9. The molecule has 0 bridgehead atoms. The summed E-state index contributed by atoms with van der Waals surface area (Å²) in [6.07, 6.45) is 27.8. The van der Waals surface area contributed by atoms with E-state index < -0.39 is 124 Å². The van der Waals surface area contributed by atoms with Crippen molar-refractivity contribution in [1.29, 1.82) is 0 Å². The van der Waals surface area contributed by atoms with Gasteiger partial charge in [0, 0.05) is 6.42 Å². The van der Waals surface area contributed by atoms with Crippen molar-refractivity contribution < 1.29 is 89.4 Å². The van der Waals surface area contributed by atoms with E-state index >= 15 is 0 Å². The summed E-state index contributed by atoms with van der Waals surface area (Å²) in [5, 5.41) is 120. The van der Waals surface area contributed by atoms with Gasteiger partial charge in [-0.3, -0.25) is 4.79 Å². The lowest BCUT2D eigenvalue weighted by atomic mass is 9.96. The number of aliphatic hydroxyl groups is 11. The number of rotatable bonds is 52. The van der Waals surface area contributed by atoms with Crippen molar-refractivity contribution in [2.45, 2.75) is 362 Å². The molecule has 0 aromatic carbocycles. The van der Waals surface area contributed by atoms with Crippen molar-refractivity contribution in [2.24, 2.45) is 0 Å². The average molecular weight is 1220 g/mol. The number of allylic oxidation sites excluding steroid dienone is 3. The molecular weight excluding hydrogens is 1090 g/mol. The third kappa shape index (κ3) is 31.7. The van der Waals surface area contributed by atoms with Crippen LogP contribution in [0.25, 0.3) is 0 Å².